The number of nitrogens with one attached hydrogen (secondary N) is 1. The summed E-state index contributed by atoms with van der Waals surface area (Å²) in [5.74, 6) is 1.14. The smallest absolute Gasteiger partial charge is 0.108 e. The number of rotatable bonds is 2. The SMILES string of the molecule is CN1CCC2(CC1)Cc1ccccc1NC2=NCc1ccccc1Cl. The minimum absolute atomic E-state index is 0.127. The second kappa shape index (κ2) is 6.81. The number of likely N-dealkylation sites (tertiary alicyclic amines) is 1. The van der Waals surface area contributed by atoms with Gasteiger partial charge in [-0.05, 0) is 62.7 Å². The molecule has 0 radical (unpaired) electrons. The van der Waals surface area contributed by atoms with Crippen molar-refractivity contribution < 1.29 is 0 Å². The normalized spacial score (nSPS) is 21.1. The van der Waals surface area contributed by atoms with Crippen LogP contribution in [-0.4, -0.2) is 30.9 Å². The molecule has 2 heterocycles. The Morgan fingerprint density at radius 3 is 2.60 bits per heavy atom. The average molecular weight is 354 g/mol. The fraction of sp³-hybridized carbons (Fsp3) is 0.381. The summed E-state index contributed by atoms with van der Waals surface area (Å²) in [6.45, 7) is 2.87. The van der Waals surface area contributed by atoms with Gasteiger partial charge in [0.1, 0.15) is 5.84 Å². The minimum Gasteiger partial charge on any atom is -0.343 e. The predicted molar refractivity (Wildman–Crippen MR) is 106 cm³/mol. The third-order valence-corrected chi connectivity index (χ3v) is 5.98. The number of benzene rings is 2. The Labute approximate surface area is 154 Å². The summed E-state index contributed by atoms with van der Waals surface area (Å²) in [4.78, 5) is 7.43. The largest absolute Gasteiger partial charge is 0.343 e. The fourth-order valence-electron chi connectivity index (χ4n) is 3.96. The second-order valence-corrected chi connectivity index (χ2v) is 7.71. The highest BCUT2D eigenvalue weighted by molar-refractivity contribution is 6.31. The Bertz CT molecular complexity index is 791. The highest BCUT2D eigenvalue weighted by Gasteiger charge is 2.42. The first-order valence-electron chi connectivity index (χ1n) is 8.98. The molecule has 4 rings (SSSR count). The zero-order valence-electron chi connectivity index (χ0n) is 14.6. The molecule has 25 heavy (non-hydrogen) atoms. The lowest BCUT2D eigenvalue weighted by atomic mass is 9.70. The summed E-state index contributed by atoms with van der Waals surface area (Å²) < 4.78 is 0. The molecule has 0 saturated carbocycles. The number of para-hydroxylation sites is 1. The molecule has 130 valence electrons. The third kappa shape index (κ3) is 3.31. The first-order valence-corrected chi connectivity index (χ1v) is 9.36. The summed E-state index contributed by atoms with van der Waals surface area (Å²) in [7, 11) is 2.21. The van der Waals surface area contributed by atoms with E-state index in [1.807, 2.05) is 18.2 Å². The van der Waals surface area contributed by atoms with Crippen LogP contribution in [0, 0.1) is 5.41 Å². The van der Waals surface area contributed by atoms with Crippen LogP contribution in [0.25, 0.3) is 0 Å². The molecule has 1 fully saturated rings. The predicted octanol–water partition coefficient (Wildman–Crippen LogP) is 4.62. The van der Waals surface area contributed by atoms with Crippen molar-refractivity contribution in [3.63, 3.8) is 0 Å². The van der Waals surface area contributed by atoms with E-state index in [9.17, 15) is 0 Å². The zero-order chi connectivity index (χ0) is 17.3. The number of hydrogen-bond donors (Lipinski definition) is 1. The highest BCUT2D eigenvalue weighted by Crippen LogP contribution is 2.42. The van der Waals surface area contributed by atoms with Crippen molar-refractivity contribution in [2.45, 2.75) is 25.8 Å². The number of halogens is 1. The lowest BCUT2D eigenvalue weighted by Crippen LogP contribution is -2.49. The average Bonchev–Trinajstić information content (AvgIpc) is 2.64. The Kier molecular flexibility index (Phi) is 4.53. The molecule has 0 amide bonds. The molecule has 0 aromatic heterocycles. The number of aliphatic imine (C=N–C) groups is 1. The van der Waals surface area contributed by atoms with Crippen molar-refractivity contribution in [1.82, 2.24) is 4.90 Å². The topological polar surface area (TPSA) is 27.6 Å². The minimum atomic E-state index is 0.127. The van der Waals surface area contributed by atoms with E-state index in [0.29, 0.717) is 6.54 Å². The van der Waals surface area contributed by atoms with Crippen LogP contribution in [0.2, 0.25) is 5.02 Å². The van der Waals surface area contributed by atoms with Gasteiger partial charge in [-0.2, -0.15) is 0 Å². The third-order valence-electron chi connectivity index (χ3n) is 5.61. The van der Waals surface area contributed by atoms with Gasteiger partial charge >= 0.3 is 0 Å². The standard InChI is InChI=1S/C21H24ClN3/c1-25-12-10-21(11-13-25)14-16-6-3-5-9-19(16)24-20(21)23-15-17-7-2-4-8-18(17)22/h2-9H,10-15H2,1H3,(H,23,24). The molecule has 2 aromatic carbocycles. The van der Waals surface area contributed by atoms with Crippen molar-refractivity contribution in [2.24, 2.45) is 10.4 Å². The van der Waals surface area contributed by atoms with E-state index < -0.39 is 0 Å². The first kappa shape index (κ1) is 16.6. The Balaban J connectivity index is 1.67. The van der Waals surface area contributed by atoms with Crippen molar-refractivity contribution in [2.75, 3.05) is 25.5 Å². The highest BCUT2D eigenvalue weighted by atomic mass is 35.5. The molecule has 1 saturated heterocycles. The number of fused-ring (bicyclic) bond motifs is 1. The maximum Gasteiger partial charge on any atom is 0.108 e. The maximum absolute atomic E-state index is 6.32. The Morgan fingerprint density at radius 2 is 1.80 bits per heavy atom. The molecule has 0 aliphatic carbocycles. The van der Waals surface area contributed by atoms with Gasteiger partial charge in [-0.25, -0.2) is 0 Å². The van der Waals surface area contributed by atoms with Gasteiger partial charge in [0.15, 0.2) is 0 Å². The van der Waals surface area contributed by atoms with Gasteiger partial charge < -0.3 is 10.2 Å². The molecule has 2 aliphatic rings. The molecule has 4 heteroatoms. The molecule has 2 aliphatic heterocycles. The van der Waals surface area contributed by atoms with Crippen LogP contribution in [0.15, 0.2) is 53.5 Å². The number of nitrogens with zero attached hydrogens (tertiary/aromatic N) is 2. The summed E-state index contributed by atoms with van der Waals surface area (Å²) >= 11 is 6.32. The first-order chi connectivity index (χ1) is 12.2. The Morgan fingerprint density at radius 1 is 1.08 bits per heavy atom. The summed E-state index contributed by atoms with van der Waals surface area (Å²) in [5, 5.41) is 4.44. The second-order valence-electron chi connectivity index (χ2n) is 7.30. The van der Waals surface area contributed by atoms with Crippen LogP contribution < -0.4 is 5.32 Å². The van der Waals surface area contributed by atoms with Gasteiger partial charge in [0.25, 0.3) is 0 Å². The van der Waals surface area contributed by atoms with E-state index in [1.165, 1.54) is 11.3 Å². The van der Waals surface area contributed by atoms with Gasteiger partial charge in [0.2, 0.25) is 0 Å². The lowest BCUT2D eigenvalue weighted by Gasteiger charge is -2.45. The van der Waals surface area contributed by atoms with Crippen LogP contribution in [-0.2, 0) is 13.0 Å². The molecule has 0 bridgehead atoms. The van der Waals surface area contributed by atoms with E-state index in [2.05, 4.69) is 47.6 Å². The van der Waals surface area contributed by atoms with Crippen molar-refractivity contribution in [3.05, 3.63) is 64.7 Å². The zero-order valence-corrected chi connectivity index (χ0v) is 15.4. The Hall–Kier alpha value is -1.84. The maximum atomic E-state index is 6.32. The van der Waals surface area contributed by atoms with Gasteiger partial charge in [-0.15, -0.1) is 0 Å². The fourth-order valence-corrected chi connectivity index (χ4v) is 4.16. The molecule has 1 spiro atoms. The van der Waals surface area contributed by atoms with E-state index in [4.69, 9.17) is 16.6 Å². The van der Waals surface area contributed by atoms with Gasteiger partial charge in [0, 0.05) is 16.1 Å². The van der Waals surface area contributed by atoms with Gasteiger partial charge in [0.05, 0.1) is 6.54 Å². The molecule has 2 aromatic rings. The van der Waals surface area contributed by atoms with Crippen LogP contribution in [0.3, 0.4) is 0 Å². The van der Waals surface area contributed by atoms with Gasteiger partial charge in [-0.1, -0.05) is 48.0 Å². The van der Waals surface area contributed by atoms with Crippen LogP contribution in [0.4, 0.5) is 5.69 Å². The summed E-state index contributed by atoms with van der Waals surface area (Å²) in [6, 6.07) is 16.6. The molecule has 0 unspecified atom stereocenters. The van der Waals surface area contributed by atoms with E-state index in [0.717, 1.165) is 48.8 Å². The molecular formula is C21H24ClN3. The van der Waals surface area contributed by atoms with Crippen LogP contribution in [0.1, 0.15) is 24.0 Å². The van der Waals surface area contributed by atoms with Crippen LogP contribution in [0.5, 0.6) is 0 Å². The lowest BCUT2D eigenvalue weighted by molar-refractivity contribution is 0.178. The molecular weight excluding hydrogens is 330 g/mol. The number of amidine groups is 1. The van der Waals surface area contributed by atoms with E-state index >= 15 is 0 Å². The molecule has 3 nitrogen and oxygen atoms in total. The number of anilines is 1. The number of hydrogen-bond acceptors (Lipinski definition) is 2. The van der Waals surface area contributed by atoms with Crippen molar-refractivity contribution in [1.29, 1.82) is 0 Å². The van der Waals surface area contributed by atoms with E-state index in [1.54, 1.807) is 0 Å². The summed E-state index contributed by atoms with van der Waals surface area (Å²) in [5.41, 5.74) is 3.82. The van der Waals surface area contributed by atoms with E-state index in [-0.39, 0.29) is 5.41 Å². The molecule has 1 N–H and O–H groups in total. The van der Waals surface area contributed by atoms with Crippen LogP contribution >= 0.6 is 11.6 Å². The quantitative estimate of drug-likeness (QED) is 0.853. The number of piperidine rings is 1. The monoisotopic (exact) mass is 353 g/mol. The van der Waals surface area contributed by atoms with Crippen molar-refractivity contribution in [3.8, 4) is 0 Å². The van der Waals surface area contributed by atoms with Crippen molar-refractivity contribution >= 4 is 23.1 Å². The summed E-state index contributed by atoms with van der Waals surface area (Å²) in [6.07, 6.45) is 3.36. The molecule has 0 atom stereocenters. The van der Waals surface area contributed by atoms with Gasteiger partial charge in [-0.3, -0.25) is 4.99 Å².